The first kappa shape index (κ1) is 19.4. The van der Waals surface area contributed by atoms with Gasteiger partial charge in [-0.15, -0.1) is 0 Å². The van der Waals surface area contributed by atoms with E-state index < -0.39 is 5.41 Å². The normalized spacial score (nSPS) is 16.0. The van der Waals surface area contributed by atoms with Gasteiger partial charge >= 0.3 is 0 Å². The van der Waals surface area contributed by atoms with Crippen LogP contribution in [0.4, 0.5) is 5.69 Å². The number of carbonyl (C=O) groups excluding carboxylic acids is 2. The van der Waals surface area contributed by atoms with Crippen LogP contribution in [0.25, 0.3) is 0 Å². The third-order valence-corrected chi connectivity index (χ3v) is 5.12. The molecule has 2 rings (SSSR count). The summed E-state index contributed by atoms with van der Waals surface area (Å²) in [5.41, 5.74) is 2.93. The Balaban J connectivity index is 2.11. The van der Waals surface area contributed by atoms with E-state index in [-0.39, 0.29) is 11.8 Å². The lowest BCUT2D eigenvalue weighted by atomic mass is 9.89. The van der Waals surface area contributed by atoms with Crippen molar-refractivity contribution >= 4 is 17.5 Å². The zero-order valence-electron chi connectivity index (χ0n) is 16.4. The zero-order chi connectivity index (χ0) is 18.8. The molecule has 1 aromatic rings. The standard InChI is InChI=1S/C20H31N3O2/c1-7-22-8-10-23(11-9-22)19(25)20(5,6)18(24)21-17-15(3)12-14(2)13-16(17)4/h12-13H,7-11H2,1-6H3,(H,21,24). The van der Waals surface area contributed by atoms with E-state index in [0.717, 1.165) is 42.0 Å². The average molecular weight is 345 g/mol. The molecule has 138 valence electrons. The van der Waals surface area contributed by atoms with E-state index >= 15 is 0 Å². The second-order valence-corrected chi connectivity index (χ2v) is 7.58. The summed E-state index contributed by atoms with van der Waals surface area (Å²) in [4.78, 5) is 29.9. The number of nitrogens with zero attached hydrogens (tertiary/aromatic N) is 2. The second-order valence-electron chi connectivity index (χ2n) is 7.58. The number of benzene rings is 1. The van der Waals surface area contributed by atoms with E-state index in [0.29, 0.717) is 13.1 Å². The first-order chi connectivity index (χ1) is 11.7. The first-order valence-electron chi connectivity index (χ1n) is 9.07. The van der Waals surface area contributed by atoms with Crippen LogP contribution in [-0.2, 0) is 9.59 Å². The molecule has 5 heteroatoms. The Bertz CT molecular complexity index is 636. The number of anilines is 1. The van der Waals surface area contributed by atoms with Crippen LogP contribution in [0.3, 0.4) is 0 Å². The third-order valence-electron chi connectivity index (χ3n) is 5.12. The Labute approximate surface area is 151 Å². The van der Waals surface area contributed by atoms with Crippen molar-refractivity contribution in [2.75, 3.05) is 38.0 Å². The topological polar surface area (TPSA) is 52.7 Å². The van der Waals surface area contributed by atoms with Gasteiger partial charge in [0.2, 0.25) is 11.8 Å². The summed E-state index contributed by atoms with van der Waals surface area (Å²) in [6.07, 6.45) is 0. The molecular weight excluding hydrogens is 314 g/mol. The summed E-state index contributed by atoms with van der Waals surface area (Å²) in [5, 5.41) is 2.99. The van der Waals surface area contributed by atoms with Gasteiger partial charge < -0.3 is 15.1 Å². The third kappa shape index (κ3) is 4.21. The molecule has 0 aromatic heterocycles. The minimum Gasteiger partial charge on any atom is -0.339 e. The van der Waals surface area contributed by atoms with Gasteiger partial charge in [0, 0.05) is 31.9 Å². The highest BCUT2D eigenvalue weighted by molar-refractivity contribution is 6.10. The largest absolute Gasteiger partial charge is 0.339 e. The lowest BCUT2D eigenvalue weighted by molar-refractivity contribution is -0.147. The summed E-state index contributed by atoms with van der Waals surface area (Å²) < 4.78 is 0. The first-order valence-corrected chi connectivity index (χ1v) is 9.07. The molecule has 2 amide bonds. The molecule has 0 saturated carbocycles. The predicted molar refractivity (Wildman–Crippen MR) is 102 cm³/mol. The van der Waals surface area contributed by atoms with Crippen molar-refractivity contribution in [3.05, 3.63) is 28.8 Å². The lowest BCUT2D eigenvalue weighted by Gasteiger charge is -2.37. The Morgan fingerprint density at radius 1 is 1.04 bits per heavy atom. The minimum atomic E-state index is -1.09. The Morgan fingerprint density at radius 3 is 2.04 bits per heavy atom. The van der Waals surface area contributed by atoms with E-state index in [9.17, 15) is 9.59 Å². The molecule has 0 aliphatic carbocycles. The highest BCUT2D eigenvalue weighted by Crippen LogP contribution is 2.27. The highest BCUT2D eigenvalue weighted by atomic mass is 16.2. The predicted octanol–water partition coefficient (Wildman–Crippen LogP) is 2.74. The van der Waals surface area contributed by atoms with Crippen LogP contribution in [0.2, 0.25) is 0 Å². The van der Waals surface area contributed by atoms with Crippen LogP contribution in [0.5, 0.6) is 0 Å². The molecule has 1 aromatic carbocycles. The number of rotatable bonds is 4. The van der Waals surface area contributed by atoms with Crippen LogP contribution in [0.1, 0.15) is 37.5 Å². The Morgan fingerprint density at radius 2 is 1.56 bits per heavy atom. The highest BCUT2D eigenvalue weighted by Gasteiger charge is 2.40. The molecule has 1 saturated heterocycles. The van der Waals surface area contributed by atoms with Gasteiger partial charge in [0.05, 0.1) is 0 Å². The molecule has 1 aliphatic heterocycles. The smallest absolute Gasteiger partial charge is 0.239 e. The summed E-state index contributed by atoms with van der Waals surface area (Å²) in [6.45, 7) is 15.7. The maximum Gasteiger partial charge on any atom is 0.239 e. The van der Waals surface area contributed by atoms with Gasteiger partial charge in [0.25, 0.3) is 0 Å². The van der Waals surface area contributed by atoms with Crippen molar-refractivity contribution in [1.29, 1.82) is 0 Å². The van der Waals surface area contributed by atoms with Gasteiger partial charge in [-0.3, -0.25) is 9.59 Å². The van der Waals surface area contributed by atoms with Gasteiger partial charge in [-0.1, -0.05) is 24.6 Å². The van der Waals surface area contributed by atoms with Crippen molar-refractivity contribution < 1.29 is 9.59 Å². The van der Waals surface area contributed by atoms with Crippen molar-refractivity contribution in [3.8, 4) is 0 Å². The number of hydrogen-bond donors (Lipinski definition) is 1. The minimum absolute atomic E-state index is 0.0943. The number of aryl methyl sites for hydroxylation is 3. The van der Waals surface area contributed by atoms with Crippen LogP contribution in [0.15, 0.2) is 12.1 Å². The van der Waals surface area contributed by atoms with E-state index in [1.54, 1.807) is 13.8 Å². The molecule has 1 aliphatic rings. The summed E-state index contributed by atoms with van der Waals surface area (Å²) in [5.74, 6) is -0.339. The van der Waals surface area contributed by atoms with E-state index in [1.807, 2.05) is 37.8 Å². The average Bonchev–Trinajstić information content (AvgIpc) is 2.57. The van der Waals surface area contributed by atoms with Gasteiger partial charge in [-0.25, -0.2) is 0 Å². The fraction of sp³-hybridized carbons (Fsp3) is 0.600. The fourth-order valence-corrected chi connectivity index (χ4v) is 3.41. The number of carbonyl (C=O) groups is 2. The summed E-state index contributed by atoms with van der Waals surface area (Å²) in [7, 11) is 0. The van der Waals surface area contributed by atoms with Gasteiger partial charge in [-0.2, -0.15) is 0 Å². The van der Waals surface area contributed by atoms with Gasteiger partial charge in [0.1, 0.15) is 5.41 Å². The fourth-order valence-electron chi connectivity index (χ4n) is 3.41. The molecule has 0 bridgehead atoms. The Kier molecular flexibility index (Phi) is 5.88. The quantitative estimate of drug-likeness (QED) is 0.854. The molecule has 0 spiro atoms. The summed E-state index contributed by atoms with van der Waals surface area (Å²) >= 11 is 0. The molecule has 0 atom stereocenters. The Hall–Kier alpha value is -1.88. The van der Waals surface area contributed by atoms with Crippen molar-refractivity contribution in [2.24, 2.45) is 5.41 Å². The molecule has 5 nitrogen and oxygen atoms in total. The molecule has 1 heterocycles. The van der Waals surface area contributed by atoms with Crippen LogP contribution < -0.4 is 5.32 Å². The molecule has 0 unspecified atom stereocenters. The zero-order valence-corrected chi connectivity index (χ0v) is 16.4. The van der Waals surface area contributed by atoms with Crippen LogP contribution >= 0.6 is 0 Å². The lowest BCUT2D eigenvalue weighted by Crippen LogP contribution is -2.54. The molecule has 0 radical (unpaired) electrons. The number of piperazine rings is 1. The monoisotopic (exact) mass is 345 g/mol. The van der Waals surface area contributed by atoms with Crippen molar-refractivity contribution in [2.45, 2.75) is 41.5 Å². The van der Waals surface area contributed by atoms with Gasteiger partial charge in [0.15, 0.2) is 0 Å². The number of hydrogen-bond acceptors (Lipinski definition) is 3. The molecule has 1 fully saturated rings. The molecular formula is C20H31N3O2. The van der Waals surface area contributed by atoms with Crippen LogP contribution in [-0.4, -0.2) is 54.3 Å². The number of amides is 2. The maximum atomic E-state index is 12.9. The van der Waals surface area contributed by atoms with Crippen LogP contribution in [0, 0.1) is 26.2 Å². The van der Waals surface area contributed by atoms with Crippen molar-refractivity contribution in [1.82, 2.24) is 9.80 Å². The molecule has 1 N–H and O–H groups in total. The van der Waals surface area contributed by atoms with E-state index in [2.05, 4.69) is 17.1 Å². The number of likely N-dealkylation sites (N-methyl/N-ethyl adjacent to an activating group) is 1. The van der Waals surface area contributed by atoms with Crippen molar-refractivity contribution in [3.63, 3.8) is 0 Å². The number of nitrogens with one attached hydrogen (secondary N) is 1. The van der Waals surface area contributed by atoms with E-state index in [4.69, 9.17) is 0 Å². The summed E-state index contributed by atoms with van der Waals surface area (Å²) in [6, 6.07) is 4.09. The maximum absolute atomic E-state index is 12.9. The SMILES string of the molecule is CCN1CCN(C(=O)C(C)(C)C(=O)Nc2c(C)cc(C)cc2C)CC1. The van der Waals surface area contributed by atoms with E-state index in [1.165, 1.54) is 0 Å². The molecule has 25 heavy (non-hydrogen) atoms. The second kappa shape index (κ2) is 7.56. The van der Waals surface area contributed by atoms with Gasteiger partial charge in [-0.05, 0) is 52.3 Å².